The van der Waals surface area contributed by atoms with Gasteiger partial charge in [0.1, 0.15) is 0 Å². The maximum absolute atomic E-state index is 8.88. The highest BCUT2D eigenvalue weighted by atomic mass is 32.2. The summed E-state index contributed by atoms with van der Waals surface area (Å²) < 4.78 is 0. The van der Waals surface area contributed by atoms with Gasteiger partial charge in [-0.1, -0.05) is 13.8 Å². The topological polar surface area (TPSA) is 33.5 Å². The second-order valence-corrected chi connectivity index (χ2v) is 10.6. The van der Waals surface area contributed by atoms with E-state index in [0.29, 0.717) is 17.9 Å². The first-order chi connectivity index (χ1) is 13.6. The fraction of sp³-hybridized carbons (Fsp3) is 0.696. The fourth-order valence-corrected chi connectivity index (χ4v) is 6.35. The van der Waals surface area contributed by atoms with Gasteiger partial charge < -0.3 is 14.7 Å². The number of anilines is 2. The van der Waals surface area contributed by atoms with Gasteiger partial charge in [0.05, 0.1) is 6.07 Å². The van der Waals surface area contributed by atoms with Gasteiger partial charge in [-0.25, -0.2) is 0 Å². The largest absolute Gasteiger partial charge is 0.370 e. The molecule has 5 rings (SSSR count). The van der Waals surface area contributed by atoms with E-state index in [-0.39, 0.29) is 0 Å². The van der Waals surface area contributed by atoms with Crippen LogP contribution in [0.15, 0.2) is 24.3 Å². The molecule has 2 bridgehead atoms. The zero-order valence-corrected chi connectivity index (χ0v) is 18.3. The zero-order chi connectivity index (χ0) is 19.6. The van der Waals surface area contributed by atoms with Crippen LogP contribution in [0, 0.1) is 22.7 Å². The third-order valence-electron chi connectivity index (χ3n) is 6.82. The minimum absolute atomic E-state index is 0.329. The van der Waals surface area contributed by atoms with Crippen LogP contribution in [0.3, 0.4) is 0 Å². The van der Waals surface area contributed by atoms with Crippen LogP contribution in [-0.2, 0) is 0 Å². The molecule has 4 heterocycles. The number of fused-ring (bicyclic) bond motifs is 4. The van der Waals surface area contributed by atoms with Gasteiger partial charge in [0.25, 0.3) is 0 Å². The molecule has 1 aromatic rings. The van der Waals surface area contributed by atoms with Crippen molar-refractivity contribution in [2.24, 2.45) is 11.3 Å². The summed E-state index contributed by atoms with van der Waals surface area (Å²) >= 11 is 2.06. The van der Waals surface area contributed by atoms with E-state index in [0.717, 1.165) is 25.4 Å². The Hall–Kier alpha value is -1.38. The molecule has 0 aromatic heterocycles. The zero-order valence-electron chi connectivity index (χ0n) is 17.4. The lowest BCUT2D eigenvalue weighted by Crippen LogP contribution is -2.53. The van der Waals surface area contributed by atoms with Gasteiger partial charge in [-0.05, 0) is 55.0 Å². The Balaban J connectivity index is 1.50. The maximum atomic E-state index is 8.88. The van der Waals surface area contributed by atoms with Crippen molar-refractivity contribution in [3.63, 3.8) is 0 Å². The molecule has 2 unspecified atom stereocenters. The van der Waals surface area contributed by atoms with Gasteiger partial charge in [-0.2, -0.15) is 17.0 Å². The Morgan fingerprint density at radius 1 is 1.07 bits per heavy atom. The summed E-state index contributed by atoms with van der Waals surface area (Å²) in [4.78, 5) is 7.84. The summed E-state index contributed by atoms with van der Waals surface area (Å²) in [7, 11) is 0. The molecular weight excluding hydrogens is 364 g/mol. The molecule has 4 aliphatic rings. The lowest BCUT2D eigenvalue weighted by Gasteiger charge is -2.48. The molecule has 0 N–H and O–H groups in total. The Labute approximate surface area is 174 Å². The summed E-state index contributed by atoms with van der Waals surface area (Å²) in [6.45, 7) is 11.8. The highest BCUT2D eigenvalue weighted by molar-refractivity contribution is 7.99. The fourth-order valence-electron chi connectivity index (χ4n) is 5.45. The minimum Gasteiger partial charge on any atom is -0.370 e. The number of rotatable bonds is 5. The number of hydrogen-bond acceptors (Lipinski definition) is 5. The van der Waals surface area contributed by atoms with Crippen molar-refractivity contribution in [3.05, 3.63) is 24.3 Å². The Bertz CT molecular complexity index is 690. The minimum atomic E-state index is 0.329. The predicted octanol–water partition coefficient (Wildman–Crippen LogP) is 4.08. The van der Waals surface area contributed by atoms with Gasteiger partial charge in [-0.3, -0.25) is 0 Å². The molecule has 0 saturated carbocycles. The van der Waals surface area contributed by atoms with E-state index in [2.05, 4.69) is 70.6 Å². The molecule has 0 aliphatic carbocycles. The average molecular weight is 399 g/mol. The van der Waals surface area contributed by atoms with Crippen LogP contribution >= 0.6 is 11.8 Å². The lowest BCUT2D eigenvalue weighted by atomic mass is 9.73. The number of nitrogens with zero attached hydrogens (tertiary/aromatic N) is 4. The first kappa shape index (κ1) is 19.9. The van der Waals surface area contributed by atoms with Crippen LogP contribution < -0.4 is 9.80 Å². The van der Waals surface area contributed by atoms with Crippen molar-refractivity contribution in [1.29, 1.82) is 5.26 Å². The van der Waals surface area contributed by atoms with Crippen LogP contribution in [0.1, 0.15) is 33.1 Å². The Morgan fingerprint density at radius 3 is 2.50 bits per heavy atom. The van der Waals surface area contributed by atoms with E-state index in [1.54, 1.807) is 0 Å². The molecular formula is C23H34N4S. The average Bonchev–Trinajstić information content (AvgIpc) is 2.95. The Morgan fingerprint density at radius 2 is 1.79 bits per heavy atom. The lowest BCUT2D eigenvalue weighted by molar-refractivity contribution is 0.190. The molecule has 28 heavy (non-hydrogen) atoms. The van der Waals surface area contributed by atoms with Crippen molar-refractivity contribution < 1.29 is 0 Å². The molecule has 4 aliphatic heterocycles. The van der Waals surface area contributed by atoms with Crippen LogP contribution in [0.5, 0.6) is 0 Å². The van der Waals surface area contributed by atoms with E-state index in [1.165, 1.54) is 55.5 Å². The molecule has 2 atom stereocenters. The SMILES string of the molecule is CC1(C)CC2CN(CCCC#N)CC1N(c1ccc(N3CCSCC3)cc1)C2. The van der Waals surface area contributed by atoms with Crippen LogP contribution in [0.25, 0.3) is 0 Å². The first-order valence-electron chi connectivity index (χ1n) is 10.9. The van der Waals surface area contributed by atoms with Crippen molar-refractivity contribution in [1.82, 2.24) is 4.90 Å². The summed E-state index contributed by atoms with van der Waals surface area (Å²) in [6, 6.07) is 12.2. The third kappa shape index (κ3) is 4.28. The van der Waals surface area contributed by atoms with Crippen LogP contribution in [-0.4, -0.2) is 61.7 Å². The molecule has 4 nitrogen and oxygen atoms in total. The smallest absolute Gasteiger partial charge is 0.0622 e. The molecule has 0 spiro atoms. The van der Waals surface area contributed by atoms with Crippen LogP contribution in [0.2, 0.25) is 0 Å². The summed E-state index contributed by atoms with van der Waals surface area (Å²) in [5.41, 5.74) is 3.09. The number of thioether (sulfide) groups is 1. The monoisotopic (exact) mass is 398 g/mol. The third-order valence-corrected chi connectivity index (χ3v) is 7.76. The summed E-state index contributed by atoms with van der Waals surface area (Å²) in [6.07, 6.45) is 2.99. The molecule has 0 amide bonds. The second kappa shape index (κ2) is 8.55. The molecule has 0 radical (unpaired) electrons. The quantitative estimate of drug-likeness (QED) is 0.698. The van der Waals surface area contributed by atoms with Gasteiger partial charge in [0, 0.05) is 68.1 Å². The van der Waals surface area contributed by atoms with E-state index in [9.17, 15) is 0 Å². The number of benzene rings is 1. The molecule has 4 saturated heterocycles. The maximum Gasteiger partial charge on any atom is 0.0622 e. The van der Waals surface area contributed by atoms with Crippen molar-refractivity contribution >= 4 is 23.1 Å². The first-order valence-corrected chi connectivity index (χ1v) is 12.0. The van der Waals surface area contributed by atoms with E-state index in [1.807, 2.05) is 0 Å². The number of nitriles is 1. The second-order valence-electron chi connectivity index (χ2n) is 9.36. The summed E-state index contributed by atoms with van der Waals surface area (Å²) in [5, 5.41) is 8.88. The number of hydrogen-bond donors (Lipinski definition) is 0. The van der Waals surface area contributed by atoms with Gasteiger partial charge in [0.2, 0.25) is 0 Å². The molecule has 4 fully saturated rings. The van der Waals surface area contributed by atoms with Gasteiger partial charge in [-0.15, -0.1) is 0 Å². The molecule has 1 aromatic carbocycles. The Kier molecular flexibility index (Phi) is 6.08. The van der Waals surface area contributed by atoms with E-state index >= 15 is 0 Å². The standard InChI is InChI=1S/C23H34N4S/c1-23(2)15-19-16-25(10-4-3-9-24)18-22(23)27(17-19)21-7-5-20(6-8-21)26-11-13-28-14-12-26/h5-8,19,22H,3-4,10-18H2,1-2H3. The van der Waals surface area contributed by atoms with Crippen molar-refractivity contribution in [2.45, 2.75) is 39.2 Å². The van der Waals surface area contributed by atoms with Gasteiger partial charge in [0.15, 0.2) is 0 Å². The predicted molar refractivity (Wildman–Crippen MR) is 120 cm³/mol. The molecule has 152 valence electrons. The van der Waals surface area contributed by atoms with Crippen molar-refractivity contribution in [3.8, 4) is 6.07 Å². The van der Waals surface area contributed by atoms with E-state index < -0.39 is 0 Å². The molecule has 5 heteroatoms. The normalized spacial score (nSPS) is 27.5. The summed E-state index contributed by atoms with van der Waals surface area (Å²) in [5.74, 6) is 3.20. The van der Waals surface area contributed by atoms with Crippen LogP contribution in [0.4, 0.5) is 11.4 Å². The highest BCUT2D eigenvalue weighted by Crippen LogP contribution is 2.43. The van der Waals surface area contributed by atoms with E-state index in [4.69, 9.17) is 5.26 Å². The number of piperidine rings is 1. The van der Waals surface area contributed by atoms with Crippen molar-refractivity contribution in [2.75, 3.05) is 60.6 Å². The van der Waals surface area contributed by atoms with Gasteiger partial charge >= 0.3 is 0 Å². The number of unbranched alkanes of at least 4 members (excludes halogenated alkanes) is 1. The highest BCUT2D eigenvalue weighted by Gasteiger charge is 2.45.